The molecule has 0 atom stereocenters. The van der Waals surface area contributed by atoms with Gasteiger partial charge in [0.15, 0.2) is 0 Å². The average Bonchev–Trinajstić information content (AvgIpc) is 2.42. The van der Waals surface area contributed by atoms with E-state index in [1.165, 1.54) is 25.3 Å². The lowest BCUT2D eigenvalue weighted by Gasteiger charge is -2.11. The van der Waals surface area contributed by atoms with Gasteiger partial charge in [0.25, 0.3) is 10.0 Å². The van der Waals surface area contributed by atoms with E-state index >= 15 is 0 Å². The number of nitrogens with two attached hydrogens (primary N) is 1. The molecule has 2 aromatic rings. The second-order valence-corrected chi connectivity index (χ2v) is 5.78. The summed E-state index contributed by atoms with van der Waals surface area (Å²) in [7, 11) is -2.74. The van der Waals surface area contributed by atoms with Crippen molar-refractivity contribution in [3.05, 3.63) is 48.0 Å². The summed E-state index contributed by atoms with van der Waals surface area (Å²) in [5, 5.41) is 0. The van der Waals surface area contributed by atoms with E-state index in [0.717, 1.165) is 18.2 Å². The Balaban J connectivity index is 2.41. The van der Waals surface area contributed by atoms with E-state index in [0.29, 0.717) is 5.75 Å². The predicted molar refractivity (Wildman–Crippen MR) is 74.6 cm³/mol. The molecule has 2 aromatic carbocycles. The van der Waals surface area contributed by atoms with Gasteiger partial charge < -0.3 is 10.5 Å². The van der Waals surface area contributed by atoms with Gasteiger partial charge in [-0.1, -0.05) is 0 Å². The SMILES string of the molecule is COc1ccc(S(=O)(=O)Nc2cc(F)ccc2F)c(N)c1. The number of nitrogen functional groups attached to an aromatic ring is 1. The zero-order valence-corrected chi connectivity index (χ0v) is 11.7. The van der Waals surface area contributed by atoms with Gasteiger partial charge in [-0.05, 0) is 24.3 Å². The van der Waals surface area contributed by atoms with Gasteiger partial charge in [-0.25, -0.2) is 17.2 Å². The molecule has 5 nitrogen and oxygen atoms in total. The zero-order chi connectivity index (χ0) is 15.6. The van der Waals surface area contributed by atoms with Crippen LogP contribution in [0.15, 0.2) is 41.3 Å². The number of hydrogen-bond acceptors (Lipinski definition) is 4. The normalized spacial score (nSPS) is 11.2. The molecule has 3 N–H and O–H groups in total. The van der Waals surface area contributed by atoms with Crippen LogP contribution in [0.1, 0.15) is 0 Å². The van der Waals surface area contributed by atoms with Gasteiger partial charge in [0.1, 0.15) is 22.3 Å². The molecule has 0 fully saturated rings. The maximum atomic E-state index is 13.5. The lowest BCUT2D eigenvalue weighted by Crippen LogP contribution is -2.16. The number of sulfonamides is 1. The van der Waals surface area contributed by atoms with Gasteiger partial charge in [-0.3, -0.25) is 4.72 Å². The first-order chi connectivity index (χ1) is 9.83. The van der Waals surface area contributed by atoms with Crippen molar-refractivity contribution < 1.29 is 21.9 Å². The van der Waals surface area contributed by atoms with Gasteiger partial charge in [0, 0.05) is 12.1 Å². The van der Waals surface area contributed by atoms with Crippen molar-refractivity contribution in [3.8, 4) is 5.75 Å². The first-order valence-electron chi connectivity index (χ1n) is 5.75. The number of halogens is 2. The molecule has 21 heavy (non-hydrogen) atoms. The molecule has 0 aliphatic rings. The summed E-state index contributed by atoms with van der Waals surface area (Å²) in [6.45, 7) is 0. The topological polar surface area (TPSA) is 81.4 Å². The third-order valence-corrected chi connectivity index (χ3v) is 4.12. The van der Waals surface area contributed by atoms with Crippen LogP contribution in [-0.2, 0) is 10.0 Å². The van der Waals surface area contributed by atoms with Crippen molar-refractivity contribution >= 4 is 21.4 Å². The Hall–Kier alpha value is -2.35. The van der Waals surface area contributed by atoms with Crippen LogP contribution in [0.25, 0.3) is 0 Å². The highest BCUT2D eigenvalue weighted by molar-refractivity contribution is 7.92. The molecular weight excluding hydrogens is 302 g/mol. The van der Waals surface area contributed by atoms with Crippen molar-refractivity contribution in [2.75, 3.05) is 17.6 Å². The molecule has 0 heterocycles. The molecule has 0 aromatic heterocycles. The van der Waals surface area contributed by atoms with Crippen LogP contribution in [-0.4, -0.2) is 15.5 Å². The van der Waals surface area contributed by atoms with Crippen molar-refractivity contribution in [2.45, 2.75) is 4.90 Å². The van der Waals surface area contributed by atoms with Gasteiger partial charge >= 0.3 is 0 Å². The van der Waals surface area contributed by atoms with Crippen LogP contribution in [0, 0.1) is 11.6 Å². The Morgan fingerprint density at radius 3 is 2.48 bits per heavy atom. The van der Waals surface area contributed by atoms with Crippen LogP contribution in [0.4, 0.5) is 20.2 Å². The number of hydrogen-bond donors (Lipinski definition) is 2. The monoisotopic (exact) mass is 314 g/mol. The Bertz CT molecular complexity index is 779. The van der Waals surface area contributed by atoms with Crippen molar-refractivity contribution in [1.29, 1.82) is 0 Å². The maximum absolute atomic E-state index is 13.5. The summed E-state index contributed by atoms with van der Waals surface area (Å²) in [6.07, 6.45) is 0. The molecule has 0 saturated carbocycles. The number of ether oxygens (including phenoxy) is 1. The summed E-state index contributed by atoms with van der Waals surface area (Å²) in [4.78, 5) is -0.257. The van der Waals surface area contributed by atoms with Gasteiger partial charge in [-0.2, -0.15) is 0 Å². The molecule has 0 bridgehead atoms. The summed E-state index contributed by atoms with van der Waals surface area (Å²) in [6, 6.07) is 6.38. The Morgan fingerprint density at radius 2 is 1.86 bits per heavy atom. The van der Waals surface area contributed by atoms with E-state index in [-0.39, 0.29) is 10.6 Å². The van der Waals surface area contributed by atoms with E-state index in [2.05, 4.69) is 0 Å². The second-order valence-electron chi connectivity index (χ2n) is 4.13. The summed E-state index contributed by atoms with van der Waals surface area (Å²) in [5.74, 6) is -1.28. The quantitative estimate of drug-likeness (QED) is 0.849. The molecule has 8 heteroatoms. The van der Waals surface area contributed by atoms with E-state index in [9.17, 15) is 17.2 Å². The minimum absolute atomic E-state index is 0.0707. The standard InChI is InChI=1S/C13H12F2N2O3S/c1-20-9-3-5-13(11(16)7-9)21(18,19)17-12-6-8(14)2-4-10(12)15/h2-7,17H,16H2,1H3. The minimum atomic E-state index is -4.15. The Kier molecular flexibility index (Phi) is 3.99. The highest BCUT2D eigenvalue weighted by Gasteiger charge is 2.20. The van der Waals surface area contributed by atoms with E-state index < -0.39 is 27.3 Å². The number of benzene rings is 2. The molecule has 0 radical (unpaired) electrons. The fraction of sp³-hybridized carbons (Fsp3) is 0.0769. The molecule has 0 unspecified atom stereocenters. The van der Waals surface area contributed by atoms with E-state index in [1.54, 1.807) is 0 Å². The Labute approximate surface area is 120 Å². The summed E-state index contributed by atoms with van der Waals surface area (Å²) < 4.78 is 57.7. The van der Waals surface area contributed by atoms with Crippen molar-refractivity contribution in [1.82, 2.24) is 0 Å². The van der Waals surface area contributed by atoms with E-state index in [1.807, 2.05) is 4.72 Å². The zero-order valence-electron chi connectivity index (χ0n) is 10.9. The largest absolute Gasteiger partial charge is 0.497 e. The van der Waals surface area contributed by atoms with Crippen molar-refractivity contribution in [2.24, 2.45) is 0 Å². The maximum Gasteiger partial charge on any atom is 0.264 e. The lowest BCUT2D eigenvalue weighted by atomic mass is 10.3. The highest BCUT2D eigenvalue weighted by Crippen LogP contribution is 2.26. The number of anilines is 2. The molecule has 0 amide bonds. The minimum Gasteiger partial charge on any atom is -0.497 e. The smallest absolute Gasteiger partial charge is 0.264 e. The molecule has 2 rings (SSSR count). The van der Waals surface area contributed by atoms with Gasteiger partial charge in [0.05, 0.1) is 18.5 Å². The predicted octanol–water partition coefficient (Wildman–Crippen LogP) is 2.36. The van der Waals surface area contributed by atoms with Crippen LogP contribution < -0.4 is 15.2 Å². The first-order valence-corrected chi connectivity index (χ1v) is 7.23. The van der Waals surface area contributed by atoms with Gasteiger partial charge in [0.2, 0.25) is 0 Å². The summed E-state index contributed by atoms with van der Waals surface area (Å²) in [5.41, 5.74) is 5.07. The van der Waals surface area contributed by atoms with Crippen molar-refractivity contribution in [3.63, 3.8) is 0 Å². The lowest BCUT2D eigenvalue weighted by molar-refractivity contribution is 0.414. The third-order valence-electron chi connectivity index (χ3n) is 2.68. The van der Waals surface area contributed by atoms with Crippen LogP contribution in [0.2, 0.25) is 0 Å². The Morgan fingerprint density at radius 1 is 1.14 bits per heavy atom. The molecule has 0 spiro atoms. The number of methoxy groups -OCH3 is 1. The van der Waals surface area contributed by atoms with Crippen LogP contribution in [0.3, 0.4) is 0 Å². The van der Waals surface area contributed by atoms with Crippen LogP contribution >= 0.6 is 0 Å². The number of nitrogens with one attached hydrogen (secondary N) is 1. The molecule has 0 aliphatic heterocycles. The van der Waals surface area contributed by atoms with Crippen LogP contribution in [0.5, 0.6) is 5.75 Å². The van der Waals surface area contributed by atoms with Gasteiger partial charge in [-0.15, -0.1) is 0 Å². The first kappa shape index (κ1) is 15.0. The fourth-order valence-electron chi connectivity index (χ4n) is 1.67. The second kappa shape index (κ2) is 5.57. The third kappa shape index (κ3) is 3.22. The molecule has 112 valence electrons. The molecule has 0 saturated heterocycles. The molecular formula is C13H12F2N2O3S. The number of rotatable bonds is 4. The average molecular weight is 314 g/mol. The highest BCUT2D eigenvalue weighted by atomic mass is 32.2. The van der Waals surface area contributed by atoms with E-state index in [4.69, 9.17) is 10.5 Å². The fourth-order valence-corrected chi connectivity index (χ4v) is 2.85. The summed E-state index contributed by atoms with van der Waals surface area (Å²) >= 11 is 0. The molecule has 0 aliphatic carbocycles.